The highest BCUT2D eigenvalue weighted by Crippen LogP contribution is 2.30. The first-order valence-electron chi connectivity index (χ1n) is 8.41. The number of carboxylic acids is 1. The fourth-order valence-corrected chi connectivity index (χ4v) is 2.99. The summed E-state index contributed by atoms with van der Waals surface area (Å²) in [6.07, 6.45) is 0.00669. The Labute approximate surface area is 162 Å². The van der Waals surface area contributed by atoms with Crippen LogP contribution in [0, 0.1) is 0 Å². The molecule has 0 aliphatic heterocycles. The van der Waals surface area contributed by atoms with E-state index in [1.165, 1.54) is 0 Å². The highest BCUT2D eigenvalue weighted by molar-refractivity contribution is 6.32. The van der Waals surface area contributed by atoms with Crippen LogP contribution in [-0.4, -0.2) is 18.2 Å². The monoisotopic (exact) mass is 382 g/mol. The van der Waals surface area contributed by atoms with Gasteiger partial charge in [0.25, 0.3) is 0 Å². The van der Waals surface area contributed by atoms with E-state index in [1.807, 2.05) is 36.4 Å². The third-order valence-electron chi connectivity index (χ3n) is 4.10. The molecule has 0 aliphatic rings. The van der Waals surface area contributed by atoms with Crippen molar-refractivity contribution in [2.75, 3.05) is 7.11 Å². The molecule has 0 aliphatic carbocycles. The highest BCUT2D eigenvalue weighted by Gasteiger charge is 2.06. The first kappa shape index (κ1) is 18.8. The Bertz CT molecular complexity index is 935. The number of ether oxygens (including phenoxy) is 2. The predicted octanol–water partition coefficient (Wildman–Crippen LogP) is 5.22. The number of aliphatic carboxylic acids is 1. The number of hydrogen-bond donors (Lipinski definition) is 1. The van der Waals surface area contributed by atoms with Gasteiger partial charge in [0, 0.05) is 0 Å². The van der Waals surface area contributed by atoms with E-state index in [4.69, 9.17) is 26.2 Å². The number of rotatable bonds is 7. The maximum Gasteiger partial charge on any atom is 0.307 e. The minimum atomic E-state index is -0.848. The fourth-order valence-electron chi connectivity index (χ4n) is 2.73. The molecule has 0 amide bonds. The van der Waals surface area contributed by atoms with Crippen molar-refractivity contribution in [3.63, 3.8) is 0 Å². The lowest BCUT2D eigenvalue weighted by atomic mass is 10.0. The Kier molecular flexibility index (Phi) is 5.99. The number of benzene rings is 3. The molecule has 0 bridgehead atoms. The Morgan fingerprint density at radius 3 is 2.37 bits per heavy atom. The summed E-state index contributed by atoms with van der Waals surface area (Å²) in [4.78, 5) is 10.7. The SMILES string of the molecule is COc1ccc(-c2cccc(COc3ccc(CC(=O)O)cc3)c2)cc1Cl. The van der Waals surface area contributed by atoms with E-state index in [-0.39, 0.29) is 6.42 Å². The summed E-state index contributed by atoms with van der Waals surface area (Å²) in [5.41, 5.74) is 3.81. The minimum Gasteiger partial charge on any atom is -0.495 e. The van der Waals surface area contributed by atoms with E-state index in [1.54, 1.807) is 31.4 Å². The van der Waals surface area contributed by atoms with Gasteiger partial charge in [0.15, 0.2) is 0 Å². The van der Waals surface area contributed by atoms with Gasteiger partial charge in [0.05, 0.1) is 18.6 Å². The summed E-state index contributed by atoms with van der Waals surface area (Å²) in [6.45, 7) is 0.413. The zero-order chi connectivity index (χ0) is 19.2. The van der Waals surface area contributed by atoms with Crippen LogP contribution >= 0.6 is 11.6 Å². The van der Waals surface area contributed by atoms with E-state index in [0.717, 1.165) is 22.3 Å². The molecule has 0 aromatic heterocycles. The number of carbonyl (C=O) groups is 1. The third kappa shape index (κ3) is 5.02. The van der Waals surface area contributed by atoms with Crippen LogP contribution in [0.15, 0.2) is 66.7 Å². The van der Waals surface area contributed by atoms with Crippen LogP contribution in [0.1, 0.15) is 11.1 Å². The summed E-state index contributed by atoms with van der Waals surface area (Å²) in [5, 5.41) is 9.38. The van der Waals surface area contributed by atoms with Gasteiger partial charge >= 0.3 is 5.97 Å². The molecule has 0 saturated carbocycles. The molecule has 1 N–H and O–H groups in total. The molecule has 3 aromatic carbocycles. The standard InChI is InChI=1S/C22H19ClO4/c1-26-21-10-7-18(13-20(21)23)17-4-2-3-16(11-17)14-27-19-8-5-15(6-9-19)12-22(24)25/h2-11,13H,12,14H2,1H3,(H,24,25). The molecule has 0 spiro atoms. The van der Waals surface area contributed by atoms with Gasteiger partial charge in [-0.2, -0.15) is 0 Å². The Morgan fingerprint density at radius 1 is 0.963 bits per heavy atom. The van der Waals surface area contributed by atoms with E-state index in [2.05, 4.69) is 6.07 Å². The zero-order valence-electron chi connectivity index (χ0n) is 14.8. The van der Waals surface area contributed by atoms with Crippen molar-refractivity contribution < 1.29 is 19.4 Å². The average molecular weight is 383 g/mol. The molecule has 138 valence electrons. The summed E-state index contributed by atoms with van der Waals surface area (Å²) in [5.74, 6) is 0.493. The molecule has 3 rings (SSSR count). The van der Waals surface area contributed by atoms with Gasteiger partial charge in [-0.15, -0.1) is 0 Å². The van der Waals surface area contributed by atoms with Crippen molar-refractivity contribution in [1.82, 2.24) is 0 Å². The fraction of sp³-hybridized carbons (Fsp3) is 0.136. The van der Waals surface area contributed by atoms with Crippen molar-refractivity contribution in [3.8, 4) is 22.6 Å². The van der Waals surface area contributed by atoms with Gasteiger partial charge in [-0.1, -0.05) is 48.0 Å². The van der Waals surface area contributed by atoms with Crippen molar-refractivity contribution in [1.29, 1.82) is 0 Å². The van der Waals surface area contributed by atoms with Crippen LogP contribution in [0.5, 0.6) is 11.5 Å². The van der Waals surface area contributed by atoms with Crippen LogP contribution in [0.2, 0.25) is 5.02 Å². The van der Waals surface area contributed by atoms with Crippen molar-refractivity contribution in [3.05, 3.63) is 82.9 Å². The molecule has 3 aromatic rings. The summed E-state index contributed by atoms with van der Waals surface area (Å²) >= 11 is 6.22. The number of halogens is 1. The number of carboxylic acid groups (broad SMARTS) is 1. The van der Waals surface area contributed by atoms with Crippen LogP contribution < -0.4 is 9.47 Å². The van der Waals surface area contributed by atoms with E-state index in [9.17, 15) is 4.79 Å². The molecule has 0 saturated heterocycles. The van der Waals surface area contributed by atoms with Crippen molar-refractivity contribution in [2.24, 2.45) is 0 Å². The smallest absolute Gasteiger partial charge is 0.307 e. The lowest BCUT2D eigenvalue weighted by Gasteiger charge is -2.10. The third-order valence-corrected chi connectivity index (χ3v) is 4.39. The van der Waals surface area contributed by atoms with Gasteiger partial charge in [-0.25, -0.2) is 0 Å². The van der Waals surface area contributed by atoms with E-state index < -0.39 is 5.97 Å². The topological polar surface area (TPSA) is 55.8 Å². The molecule has 0 radical (unpaired) electrons. The molecule has 4 nitrogen and oxygen atoms in total. The van der Waals surface area contributed by atoms with Crippen LogP contribution in [0.3, 0.4) is 0 Å². The van der Waals surface area contributed by atoms with E-state index in [0.29, 0.717) is 23.1 Å². The van der Waals surface area contributed by atoms with Crippen LogP contribution in [0.4, 0.5) is 0 Å². The van der Waals surface area contributed by atoms with Gasteiger partial charge in [-0.05, 0) is 52.6 Å². The maximum atomic E-state index is 10.7. The molecule has 0 atom stereocenters. The second-order valence-corrected chi connectivity index (χ2v) is 6.46. The van der Waals surface area contributed by atoms with E-state index >= 15 is 0 Å². The number of methoxy groups -OCH3 is 1. The second kappa shape index (κ2) is 8.60. The van der Waals surface area contributed by atoms with Gasteiger partial charge in [0.1, 0.15) is 18.1 Å². The van der Waals surface area contributed by atoms with Crippen molar-refractivity contribution in [2.45, 2.75) is 13.0 Å². The summed E-state index contributed by atoms with van der Waals surface area (Å²) in [7, 11) is 1.59. The Balaban J connectivity index is 1.69. The maximum absolute atomic E-state index is 10.7. The molecular weight excluding hydrogens is 364 g/mol. The lowest BCUT2D eigenvalue weighted by molar-refractivity contribution is -0.136. The Morgan fingerprint density at radius 2 is 1.70 bits per heavy atom. The molecule has 0 unspecified atom stereocenters. The van der Waals surface area contributed by atoms with Gasteiger partial charge in [-0.3, -0.25) is 4.79 Å². The second-order valence-electron chi connectivity index (χ2n) is 6.05. The summed E-state index contributed by atoms with van der Waals surface area (Å²) < 4.78 is 11.0. The quantitative estimate of drug-likeness (QED) is 0.608. The molecule has 27 heavy (non-hydrogen) atoms. The number of hydrogen-bond acceptors (Lipinski definition) is 3. The first-order chi connectivity index (χ1) is 13.0. The average Bonchev–Trinajstić information content (AvgIpc) is 2.67. The van der Waals surface area contributed by atoms with Crippen LogP contribution in [0.25, 0.3) is 11.1 Å². The minimum absolute atomic E-state index is 0.00669. The highest BCUT2D eigenvalue weighted by atomic mass is 35.5. The molecular formula is C22H19ClO4. The molecule has 0 fully saturated rings. The van der Waals surface area contributed by atoms with Gasteiger partial charge in [0.2, 0.25) is 0 Å². The normalized spacial score (nSPS) is 10.4. The lowest BCUT2D eigenvalue weighted by Crippen LogP contribution is -2.00. The van der Waals surface area contributed by atoms with Crippen molar-refractivity contribution >= 4 is 17.6 Å². The van der Waals surface area contributed by atoms with Crippen LogP contribution in [-0.2, 0) is 17.8 Å². The Hall–Kier alpha value is -2.98. The first-order valence-corrected chi connectivity index (χ1v) is 8.79. The molecule has 0 heterocycles. The zero-order valence-corrected chi connectivity index (χ0v) is 15.6. The van der Waals surface area contributed by atoms with Gasteiger partial charge < -0.3 is 14.6 Å². The predicted molar refractivity (Wildman–Crippen MR) is 106 cm³/mol. The molecule has 5 heteroatoms. The largest absolute Gasteiger partial charge is 0.495 e. The summed E-state index contributed by atoms with van der Waals surface area (Å²) in [6, 6.07) is 20.8.